The molecule has 0 fully saturated rings. The maximum Gasteiger partial charge on any atom is 0.251 e. The first kappa shape index (κ1) is 15.6. The Kier molecular flexibility index (Phi) is 5.82. The van der Waals surface area contributed by atoms with Gasteiger partial charge in [0.05, 0.1) is 13.2 Å². The van der Waals surface area contributed by atoms with Crippen molar-refractivity contribution in [2.24, 2.45) is 0 Å². The summed E-state index contributed by atoms with van der Waals surface area (Å²) in [5.74, 6) is 5.70. The van der Waals surface area contributed by atoms with Gasteiger partial charge in [0, 0.05) is 32.8 Å². The van der Waals surface area contributed by atoms with Crippen LogP contribution in [0.3, 0.4) is 0 Å². The molecule has 0 atom stereocenters. The molecule has 0 spiro atoms. The number of rotatable bonds is 4. The van der Waals surface area contributed by atoms with Crippen LogP contribution in [0.15, 0.2) is 35.7 Å². The molecule has 0 bridgehead atoms. The molecule has 0 saturated heterocycles. The predicted octanol–water partition coefficient (Wildman–Crippen LogP) is 3.07. The molecule has 0 aliphatic rings. The molecule has 1 heterocycles. The van der Waals surface area contributed by atoms with Gasteiger partial charge in [0.15, 0.2) is 0 Å². The zero-order chi connectivity index (χ0) is 15.1. The SMILES string of the molecule is O=C(NCc1cc(C#CCCO)cs1)c1ccc(Cl)cc1. The second-order valence-electron chi connectivity index (χ2n) is 4.27. The van der Waals surface area contributed by atoms with Crippen molar-refractivity contribution >= 4 is 28.8 Å². The van der Waals surface area contributed by atoms with Crippen LogP contribution in [-0.4, -0.2) is 17.6 Å². The van der Waals surface area contributed by atoms with E-state index >= 15 is 0 Å². The van der Waals surface area contributed by atoms with E-state index in [1.54, 1.807) is 35.6 Å². The van der Waals surface area contributed by atoms with E-state index in [2.05, 4.69) is 17.2 Å². The molecule has 3 nitrogen and oxygen atoms in total. The van der Waals surface area contributed by atoms with E-state index in [9.17, 15) is 4.79 Å². The second kappa shape index (κ2) is 7.84. The van der Waals surface area contributed by atoms with Gasteiger partial charge in [0.2, 0.25) is 0 Å². The van der Waals surface area contributed by atoms with E-state index in [0.29, 0.717) is 23.6 Å². The van der Waals surface area contributed by atoms with Gasteiger partial charge >= 0.3 is 0 Å². The molecular formula is C16H14ClNO2S. The number of thiophene rings is 1. The van der Waals surface area contributed by atoms with Gasteiger partial charge < -0.3 is 10.4 Å². The lowest BCUT2D eigenvalue weighted by molar-refractivity contribution is 0.0951. The molecule has 108 valence electrons. The minimum absolute atomic E-state index is 0.0706. The third-order valence-electron chi connectivity index (χ3n) is 2.65. The van der Waals surface area contributed by atoms with Crippen molar-refractivity contribution in [3.05, 3.63) is 56.7 Å². The third kappa shape index (κ3) is 4.91. The molecule has 0 unspecified atom stereocenters. The quantitative estimate of drug-likeness (QED) is 0.851. The van der Waals surface area contributed by atoms with Crippen LogP contribution in [0, 0.1) is 11.8 Å². The van der Waals surface area contributed by atoms with Gasteiger partial charge in [-0.15, -0.1) is 11.3 Å². The van der Waals surface area contributed by atoms with Crippen LogP contribution in [-0.2, 0) is 6.54 Å². The van der Waals surface area contributed by atoms with Crippen LogP contribution in [0.25, 0.3) is 0 Å². The van der Waals surface area contributed by atoms with Crippen molar-refractivity contribution in [2.45, 2.75) is 13.0 Å². The van der Waals surface area contributed by atoms with E-state index in [1.165, 1.54) is 0 Å². The molecule has 21 heavy (non-hydrogen) atoms. The Morgan fingerprint density at radius 2 is 2.10 bits per heavy atom. The number of hydrogen-bond donors (Lipinski definition) is 2. The zero-order valence-corrected chi connectivity index (χ0v) is 12.8. The van der Waals surface area contributed by atoms with Crippen LogP contribution in [0.2, 0.25) is 5.02 Å². The first-order chi connectivity index (χ1) is 10.2. The Labute approximate surface area is 132 Å². The lowest BCUT2D eigenvalue weighted by Gasteiger charge is -2.03. The molecule has 0 radical (unpaired) electrons. The molecule has 2 N–H and O–H groups in total. The molecule has 2 rings (SSSR count). The summed E-state index contributed by atoms with van der Waals surface area (Å²) in [4.78, 5) is 13.0. The molecule has 0 saturated carbocycles. The van der Waals surface area contributed by atoms with Gasteiger partial charge in [-0.2, -0.15) is 0 Å². The van der Waals surface area contributed by atoms with Crippen LogP contribution in [0.1, 0.15) is 27.2 Å². The van der Waals surface area contributed by atoms with Gasteiger partial charge in [-0.3, -0.25) is 4.79 Å². The summed E-state index contributed by atoms with van der Waals surface area (Å²) >= 11 is 7.33. The fourth-order valence-electron chi connectivity index (χ4n) is 1.63. The van der Waals surface area contributed by atoms with Gasteiger partial charge in [-0.05, 0) is 30.3 Å². The molecule has 0 aliphatic carbocycles. The predicted molar refractivity (Wildman–Crippen MR) is 85.5 cm³/mol. The molecule has 1 aromatic heterocycles. The Morgan fingerprint density at radius 1 is 1.33 bits per heavy atom. The van der Waals surface area contributed by atoms with Gasteiger partial charge in [-0.1, -0.05) is 23.4 Å². The fraction of sp³-hybridized carbons (Fsp3) is 0.188. The number of hydrogen-bond acceptors (Lipinski definition) is 3. The van der Waals surface area contributed by atoms with Crippen LogP contribution >= 0.6 is 22.9 Å². The Morgan fingerprint density at radius 3 is 2.81 bits per heavy atom. The third-order valence-corrected chi connectivity index (χ3v) is 3.84. The van der Waals surface area contributed by atoms with E-state index in [0.717, 1.165) is 10.4 Å². The summed E-state index contributed by atoms with van der Waals surface area (Å²) in [5, 5.41) is 14.1. The van der Waals surface area contributed by atoms with Gasteiger partial charge in [-0.25, -0.2) is 0 Å². The summed E-state index contributed by atoms with van der Waals surface area (Å²) in [7, 11) is 0. The van der Waals surface area contributed by atoms with E-state index in [-0.39, 0.29) is 12.5 Å². The molecule has 2 aromatic rings. The first-order valence-electron chi connectivity index (χ1n) is 6.40. The molecule has 1 aromatic carbocycles. The van der Waals surface area contributed by atoms with E-state index in [1.807, 2.05) is 11.4 Å². The molecule has 5 heteroatoms. The lowest BCUT2D eigenvalue weighted by atomic mass is 10.2. The lowest BCUT2D eigenvalue weighted by Crippen LogP contribution is -2.22. The van der Waals surface area contributed by atoms with Crippen molar-refractivity contribution < 1.29 is 9.90 Å². The number of aliphatic hydroxyl groups is 1. The van der Waals surface area contributed by atoms with Gasteiger partial charge in [0.25, 0.3) is 5.91 Å². The van der Waals surface area contributed by atoms with Crippen molar-refractivity contribution in [1.29, 1.82) is 0 Å². The smallest absolute Gasteiger partial charge is 0.251 e. The Bertz CT molecular complexity index is 668. The molecular weight excluding hydrogens is 306 g/mol. The zero-order valence-electron chi connectivity index (χ0n) is 11.2. The van der Waals surface area contributed by atoms with Crippen LogP contribution in [0.5, 0.6) is 0 Å². The summed E-state index contributed by atoms with van der Waals surface area (Å²) in [6, 6.07) is 8.71. The number of benzene rings is 1. The van der Waals surface area contributed by atoms with Crippen molar-refractivity contribution in [1.82, 2.24) is 5.32 Å². The van der Waals surface area contributed by atoms with Crippen molar-refractivity contribution in [3.8, 4) is 11.8 Å². The molecule has 1 amide bonds. The summed E-state index contributed by atoms with van der Waals surface area (Å²) in [6.07, 6.45) is 0.471. The normalized spacial score (nSPS) is 9.81. The number of carbonyl (C=O) groups excluding carboxylic acids is 1. The largest absolute Gasteiger partial charge is 0.395 e. The Balaban J connectivity index is 1.90. The number of halogens is 1. The maximum absolute atomic E-state index is 11.9. The molecule has 0 aliphatic heterocycles. The highest BCUT2D eigenvalue weighted by atomic mass is 35.5. The monoisotopic (exact) mass is 319 g/mol. The summed E-state index contributed by atoms with van der Waals surface area (Å²) in [6.45, 7) is 0.537. The summed E-state index contributed by atoms with van der Waals surface area (Å²) < 4.78 is 0. The highest BCUT2D eigenvalue weighted by Crippen LogP contribution is 2.14. The number of aliphatic hydroxyl groups excluding tert-OH is 1. The van der Waals surface area contributed by atoms with E-state index in [4.69, 9.17) is 16.7 Å². The van der Waals surface area contributed by atoms with Crippen LogP contribution < -0.4 is 5.32 Å². The van der Waals surface area contributed by atoms with E-state index < -0.39 is 0 Å². The maximum atomic E-state index is 11.9. The van der Waals surface area contributed by atoms with Crippen LogP contribution in [0.4, 0.5) is 0 Å². The van der Waals surface area contributed by atoms with Gasteiger partial charge in [0.1, 0.15) is 0 Å². The second-order valence-corrected chi connectivity index (χ2v) is 5.70. The number of nitrogens with one attached hydrogen (secondary N) is 1. The first-order valence-corrected chi connectivity index (χ1v) is 7.65. The number of carbonyl (C=O) groups is 1. The average molecular weight is 320 g/mol. The van der Waals surface area contributed by atoms with Crippen molar-refractivity contribution in [2.75, 3.05) is 6.61 Å². The highest BCUT2D eigenvalue weighted by Gasteiger charge is 2.05. The minimum Gasteiger partial charge on any atom is -0.395 e. The highest BCUT2D eigenvalue weighted by molar-refractivity contribution is 7.10. The van der Waals surface area contributed by atoms with Crippen molar-refractivity contribution in [3.63, 3.8) is 0 Å². The Hall–Kier alpha value is -1.80. The summed E-state index contributed by atoms with van der Waals surface area (Å²) in [5.41, 5.74) is 1.49. The topological polar surface area (TPSA) is 49.3 Å². The number of amides is 1. The minimum atomic E-state index is -0.131. The average Bonchev–Trinajstić information content (AvgIpc) is 2.94. The fourth-order valence-corrected chi connectivity index (χ4v) is 2.51. The standard InChI is InChI=1S/C16H14ClNO2S/c17-14-6-4-13(5-7-14)16(20)18-10-15-9-12(11-21-15)3-1-2-8-19/h4-7,9,11,19H,2,8,10H2,(H,18,20).